The Morgan fingerprint density at radius 1 is 1.00 bits per heavy atom. The van der Waals surface area contributed by atoms with Crippen molar-refractivity contribution in [3.05, 3.63) is 88.8 Å². The van der Waals surface area contributed by atoms with E-state index < -0.39 is 11.1 Å². The van der Waals surface area contributed by atoms with E-state index in [9.17, 15) is 9.90 Å². The van der Waals surface area contributed by atoms with E-state index in [4.69, 9.17) is 10.7 Å². The van der Waals surface area contributed by atoms with Crippen molar-refractivity contribution in [1.82, 2.24) is 19.6 Å². The summed E-state index contributed by atoms with van der Waals surface area (Å²) in [6.45, 7) is 1.82. The lowest BCUT2D eigenvalue weighted by Gasteiger charge is -2.49. The zero-order valence-corrected chi connectivity index (χ0v) is 18.1. The van der Waals surface area contributed by atoms with E-state index in [1.54, 1.807) is 10.5 Å². The van der Waals surface area contributed by atoms with Crippen molar-refractivity contribution >= 4 is 16.7 Å². The third kappa shape index (κ3) is 3.16. The van der Waals surface area contributed by atoms with Crippen LogP contribution in [0.25, 0.3) is 39.1 Å². The number of fused-ring (bicyclic) bond motifs is 3. The van der Waals surface area contributed by atoms with Gasteiger partial charge in [0.05, 0.1) is 22.3 Å². The standard InChI is InChI=1S/C26H23N5O2/c1-25(33)14-26(27,15-25)18-9-7-17(8-10-18)23-19(16-5-3-2-4-6-16)13-21-20(28-23)11-12-22-29-30-24(32)31(21)22/h2-13,33H,14-15,27H2,1H3,(H,30,32). The number of aliphatic hydroxyl groups is 1. The van der Waals surface area contributed by atoms with Gasteiger partial charge >= 0.3 is 5.69 Å². The lowest BCUT2D eigenvalue weighted by atomic mass is 9.63. The molecule has 6 rings (SSSR count). The summed E-state index contributed by atoms with van der Waals surface area (Å²) < 4.78 is 1.54. The first-order chi connectivity index (χ1) is 15.8. The average Bonchev–Trinajstić information content (AvgIpc) is 3.19. The van der Waals surface area contributed by atoms with E-state index >= 15 is 0 Å². The maximum Gasteiger partial charge on any atom is 0.348 e. The molecule has 0 aliphatic heterocycles. The number of rotatable bonds is 3. The van der Waals surface area contributed by atoms with E-state index in [1.165, 1.54) is 0 Å². The lowest BCUT2D eigenvalue weighted by molar-refractivity contribution is -0.0738. The fourth-order valence-corrected chi connectivity index (χ4v) is 5.16. The zero-order chi connectivity index (χ0) is 22.8. The zero-order valence-electron chi connectivity index (χ0n) is 18.1. The molecule has 7 heteroatoms. The molecule has 5 aromatic rings. The SMILES string of the molecule is CC1(O)CC(N)(c2ccc(-c3nc4ccc5n[nH]c(=O)n5c4cc3-c3ccccc3)cc2)C1. The van der Waals surface area contributed by atoms with Crippen LogP contribution < -0.4 is 11.4 Å². The molecule has 1 fully saturated rings. The summed E-state index contributed by atoms with van der Waals surface area (Å²) in [5, 5.41) is 16.8. The first-order valence-electron chi connectivity index (χ1n) is 10.9. The first kappa shape index (κ1) is 19.8. The van der Waals surface area contributed by atoms with Gasteiger partial charge in [-0.15, -0.1) is 0 Å². The van der Waals surface area contributed by atoms with Crippen LogP contribution in [0, 0.1) is 0 Å². The molecule has 33 heavy (non-hydrogen) atoms. The maximum absolute atomic E-state index is 12.4. The van der Waals surface area contributed by atoms with E-state index in [2.05, 4.69) is 10.2 Å². The highest BCUT2D eigenvalue weighted by atomic mass is 16.3. The Labute approximate surface area is 189 Å². The third-order valence-electron chi connectivity index (χ3n) is 6.57. The molecule has 0 atom stereocenters. The highest BCUT2D eigenvalue weighted by molar-refractivity contribution is 5.91. The lowest BCUT2D eigenvalue weighted by Crippen LogP contribution is -2.58. The largest absolute Gasteiger partial charge is 0.390 e. The monoisotopic (exact) mass is 437 g/mol. The fraction of sp³-hybridized carbons (Fsp3) is 0.192. The van der Waals surface area contributed by atoms with Crippen molar-refractivity contribution in [3.63, 3.8) is 0 Å². The Kier molecular flexibility index (Phi) is 4.11. The molecule has 0 spiro atoms. The molecule has 2 aromatic carbocycles. The third-order valence-corrected chi connectivity index (χ3v) is 6.57. The molecule has 0 amide bonds. The van der Waals surface area contributed by atoms with Gasteiger partial charge in [-0.3, -0.25) is 0 Å². The predicted octanol–water partition coefficient (Wildman–Crippen LogP) is 3.60. The molecular weight excluding hydrogens is 414 g/mol. The van der Waals surface area contributed by atoms with E-state index in [-0.39, 0.29) is 5.69 Å². The molecular formula is C26H23N5O2. The Hall–Kier alpha value is -3.81. The van der Waals surface area contributed by atoms with E-state index in [0.717, 1.165) is 27.9 Å². The number of nitrogens with two attached hydrogens (primary N) is 1. The summed E-state index contributed by atoms with van der Waals surface area (Å²) in [6, 6.07) is 23.8. The Morgan fingerprint density at radius 3 is 2.42 bits per heavy atom. The summed E-state index contributed by atoms with van der Waals surface area (Å²) >= 11 is 0. The van der Waals surface area contributed by atoms with Gasteiger partial charge in [0.25, 0.3) is 0 Å². The van der Waals surface area contributed by atoms with Gasteiger partial charge < -0.3 is 10.8 Å². The minimum atomic E-state index is -0.704. The molecule has 1 aliphatic rings. The molecule has 3 aromatic heterocycles. The van der Waals surface area contributed by atoms with Crippen LogP contribution in [0.2, 0.25) is 0 Å². The van der Waals surface area contributed by atoms with Crippen molar-refractivity contribution in [2.24, 2.45) is 5.73 Å². The second-order valence-corrected chi connectivity index (χ2v) is 9.29. The van der Waals surface area contributed by atoms with Gasteiger partial charge in [0.2, 0.25) is 0 Å². The fourth-order valence-electron chi connectivity index (χ4n) is 5.16. The Morgan fingerprint density at radius 2 is 1.73 bits per heavy atom. The number of aromatic nitrogens is 4. The summed E-state index contributed by atoms with van der Waals surface area (Å²) in [7, 11) is 0. The van der Waals surface area contributed by atoms with Crippen molar-refractivity contribution in [2.75, 3.05) is 0 Å². The van der Waals surface area contributed by atoms with E-state index in [0.29, 0.717) is 29.5 Å². The number of pyridine rings is 2. The smallest absolute Gasteiger partial charge is 0.348 e. The number of hydrogen-bond acceptors (Lipinski definition) is 5. The molecule has 0 bridgehead atoms. The van der Waals surface area contributed by atoms with Crippen molar-refractivity contribution in [3.8, 4) is 22.4 Å². The molecule has 164 valence electrons. The molecule has 4 N–H and O–H groups in total. The second kappa shape index (κ2) is 6.84. The summed E-state index contributed by atoms with van der Waals surface area (Å²) in [5.41, 5.74) is 11.7. The average molecular weight is 438 g/mol. The van der Waals surface area contributed by atoms with Crippen molar-refractivity contribution in [2.45, 2.75) is 30.9 Å². The van der Waals surface area contributed by atoms with E-state index in [1.807, 2.05) is 73.7 Å². The summed E-state index contributed by atoms with van der Waals surface area (Å²) in [6.07, 6.45) is 1.08. The molecule has 0 saturated heterocycles. The predicted molar refractivity (Wildman–Crippen MR) is 128 cm³/mol. The topological polar surface area (TPSA) is 109 Å². The van der Waals surface area contributed by atoms with Crippen LogP contribution in [0.1, 0.15) is 25.3 Å². The minimum Gasteiger partial charge on any atom is -0.390 e. The van der Waals surface area contributed by atoms with Gasteiger partial charge in [0.1, 0.15) is 0 Å². The van der Waals surface area contributed by atoms with Crippen LogP contribution >= 0.6 is 0 Å². The molecule has 0 unspecified atom stereocenters. The van der Waals surface area contributed by atoms with Gasteiger partial charge in [-0.2, -0.15) is 5.10 Å². The van der Waals surface area contributed by atoms with Gasteiger partial charge in [-0.1, -0.05) is 54.6 Å². The van der Waals surface area contributed by atoms with Crippen molar-refractivity contribution < 1.29 is 5.11 Å². The number of nitrogens with one attached hydrogen (secondary N) is 1. The molecule has 7 nitrogen and oxygen atoms in total. The number of aromatic amines is 1. The van der Waals surface area contributed by atoms with Gasteiger partial charge in [0, 0.05) is 16.7 Å². The number of hydrogen-bond donors (Lipinski definition) is 3. The quantitative estimate of drug-likeness (QED) is 0.400. The number of H-pyrrole nitrogens is 1. The minimum absolute atomic E-state index is 0.293. The van der Waals surface area contributed by atoms with Crippen LogP contribution in [0.3, 0.4) is 0 Å². The highest BCUT2D eigenvalue weighted by Crippen LogP contribution is 2.46. The highest BCUT2D eigenvalue weighted by Gasteiger charge is 2.49. The number of benzene rings is 2. The van der Waals surface area contributed by atoms with Gasteiger partial charge in [-0.05, 0) is 49.1 Å². The molecule has 1 saturated carbocycles. The Balaban J connectivity index is 1.54. The molecule has 1 aliphatic carbocycles. The summed E-state index contributed by atoms with van der Waals surface area (Å²) in [4.78, 5) is 17.4. The second-order valence-electron chi connectivity index (χ2n) is 9.29. The van der Waals surface area contributed by atoms with Crippen LogP contribution in [0.15, 0.2) is 77.6 Å². The maximum atomic E-state index is 12.4. The molecule has 0 radical (unpaired) electrons. The van der Waals surface area contributed by atoms with Crippen molar-refractivity contribution in [1.29, 1.82) is 0 Å². The van der Waals surface area contributed by atoms with Crippen LogP contribution in [-0.2, 0) is 5.54 Å². The van der Waals surface area contributed by atoms with Gasteiger partial charge in [0.15, 0.2) is 5.65 Å². The van der Waals surface area contributed by atoms with Gasteiger partial charge in [-0.25, -0.2) is 19.3 Å². The normalized spacial score (nSPS) is 22.5. The van der Waals surface area contributed by atoms with Crippen LogP contribution in [0.4, 0.5) is 0 Å². The summed E-state index contributed by atoms with van der Waals surface area (Å²) in [5.74, 6) is 0. The number of nitrogens with zero attached hydrogens (tertiary/aromatic N) is 3. The first-order valence-corrected chi connectivity index (χ1v) is 10.9. The van der Waals surface area contributed by atoms with Crippen LogP contribution in [0.5, 0.6) is 0 Å². The molecule has 3 heterocycles. The van der Waals surface area contributed by atoms with Crippen LogP contribution in [-0.4, -0.2) is 30.3 Å². The Bertz CT molecular complexity index is 1560.